The zero-order chi connectivity index (χ0) is 39.2. The average molecular weight is 773 g/mol. The molecule has 1 aromatic heterocycles. The average Bonchev–Trinajstić information content (AvgIpc) is 4.02. The number of aromatic nitrogens is 1. The van der Waals surface area contributed by atoms with Gasteiger partial charge in [0.25, 0.3) is 5.91 Å². The molecule has 294 valence electrons. The number of ether oxygens (including phenoxy) is 2. The van der Waals surface area contributed by atoms with Gasteiger partial charge in [-0.25, -0.2) is 17.6 Å². The van der Waals surface area contributed by atoms with Crippen LogP contribution in [0.25, 0.3) is 10.8 Å². The third-order valence-electron chi connectivity index (χ3n) is 11.3. The van der Waals surface area contributed by atoms with Crippen molar-refractivity contribution >= 4 is 50.4 Å². The summed E-state index contributed by atoms with van der Waals surface area (Å²) in [5, 5.41) is 16.4. The molecule has 3 heterocycles. The van der Waals surface area contributed by atoms with Crippen molar-refractivity contribution in [2.45, 2.75) is 87.3 Å². The number of rotatable bonds is 9. The molecule has 2 aliphatic heterocycles. The number of nitrogens with one attached hydrogen (secondary N) is 3. The van der Waals surface area contributed by atoms with E-state index < -0.39 is 80.8 Å². The Labute approximate surface area is 314 Å². The molecule has 2 aliphatic carbocycles. The second kappa shape index (κ2) is 14.9. The van der Waals surface area contributed by atoms with E-state index in [0.717, 1.165) is 5.39 Å². The molecule has 54 heavy (non-hydrogen) atoms. The van der Waals surface area contributed by atoms with Crippen molar-refractivity contribution in [3.8, 4) is 11.6 Å². The minimum Gasteiger partial charge on any atom is -0.497 e. The molecular formula is C37H49FN6O9S. The first kappa shape index (κ1) is 39.0. The van der Waals surface area contributed by atoms with Crippen LogP contribution in [0.1, 0.15) is 58.8 Å². The van der Waals surface area contributed by atoms with E-state index in [1.54, 1.807) is 37.1 Å². The Balaban J connectivity index is 1.36. The number of nitrogens with zero attached hydrogens (tertiary/aromatic N) is 3. The van der Waals surface area contributed by atoms with Crippen LogP contribution < -0.4 is 29.7 Å². The van der Waals surface area contributed by atoms with Gasteiger partial charge in [-0.05, 0) is 80.0 Å². The smallest absolute Gasteiger partial charge is 0.405 e. The number of hydrogen-bond acceptors (Lipinski definition) is 10. The van der Waals surface area contributed by atoms with E-state index in [9.17, 15) is 37.1 Å². The lowest BCUT2D eigenvalue weighted by Gasteiger charge is -2.32. The van der Waals surface area contributed by atoms with E-state index in [1.165, 1.54) is 4.90 Å². The number of carboxylic acid groups (broad SMARTS) is 1. The van der Waals surface area contributed by atoms with Crippen LogP contribution in [0.5, 0.6) is 11.6 Å². The van der Waals surface area contributed by atoms with Crippen molar-refractivity contribution in [1.29, 1.82) is 0 Å². The molecule has 7 atom stereocenters. The molecule has 17 heteroatoms. The number of alkyl halides is 1. The summed E-state index contributed by atoms with van der Waals surface area (Å²) in [6.07, 6.45) is 3.47. The summed E-state index contributed by atoms with van der Waals surface area (Å²) in [6.45, 7) is 2.54. The number of allylic oxidation sites excluding steroid dienone is 1. The summed E-state index contributed by atoms with van der Waals surface area (Å²) in [5.41, 5.74) is -1.67. The molecule has 0 radical (unpaired) electrons. The molecule has 3 fully saturated rings. The van der Waals surface area contributed by atoms with Crippen LogP contribution in [0, 0.1) is 17.8 Å². The number of halogens is 1. The number of benzene rings is 1. The van der Waals surface area contributed by atoms with Gasteiger partial charge in [0.05, 0.1) is 13.7 Å². The normalized spacial score (nSPS) is 29.5. The maximum atomic E-state index is 14.5. The van der Waals surface area contributed by atoms with Crippen LogP contribution in [-0.4, -0.2) is 110 Å². The van der Waals surface area contributed by atoms with Gasteiger partial charge >= 0.3 is 6.09 Å². The third kappa shape index (κ3) is 7.64. The van der Waals surface area contributed by atoms with Gasteiger partial charge in [0.1, 0.15) is 46.7 Å². The highest BCUT2D eigenvalue weighted by Gasteiger charge is 2.64. The predicted octanol–water partition coefficient (Wildman–Crippen LogP) is 3.13. The van der Waals surface area contributed by atoms with Crippen LogP contribution in [0.3, 0.4) is 0 Å². The molecule has 4 amide bonds. The Morgan fingerprint density at radius 1 is 1.17 bits per heavy atom. The number of amides is 4. The molecule has 6 rings (SSSR count). The number of sulfonamides is 1. The van der Waals surface area contributed by atoms with Gasteiger partial charge in [0.2, 0.25) is 27.7 Å². The van der Waals surface area contributed by atoms with E-state index >= 15 is 0 Å². The highest BCUT2D eigenvalue weighted by molar-refractivity contribution is 7.91. The van der Waals surface area contributed by atoms with E-state index in [2.05, 4.69) is 15.4 Å². The Kier molecular flexibility index (Phi) is 10.7. The van der Waals surface area contributed by atoms with Crippen LogP contribution in [-0.2, 0) is 24.4 Å². The van der Waals surface area contributed by atoms with Gasteiger partial charge in [0, 0.05) is 31.8 Å². The quantitative estimate of drug-likeness (QED) is 0.274. The summed E-state index contributed by atoms with van der Waals surface area (Å²) in [5.74, 6) is -1.81. The molecule has 15 nitrogen and oxygen atoms in total. The van der Waals surface area contributed by atoms with Gasteiger partial charge in [-0.15, -0.1) is 0 Å². The highest BCUT2D eigenvalue weighted by atomic mass is 32.2. The van der Waals surface area contributed by atoms with Crippen molar-refractivity contribution in [3.63, 3.8) is 0 Å². The minimum atomic E-state index is -4.39. The van der Waals surface area contributed by atoms with Crippen LogP contribution in [0.15, 0.2) is 36.4 Å². The minimum absolute atomic E-state index is 0.0465. The molecule has 2 saturated carbocycles. The fourth-order valence-corrected chi connectivity index (χ4v) is 9.10. The number of fused-ring (bicyclic) bond motifs is 3. The summed E-state index contributed by atoms with van der Waals surface area (Å²) < 4.78 is 52.4. The van der Waals surface area contributed by atoms with Crippen LogP contribution >= 0.6 is 0 Å². The van der Waals surface area contributed by atoms with E-state index in [0.29, 0.717) is 36.2 Å². The number of carbonyl (C=O) groups is 4. The van der Waals surface area contributed by atoms with E-state index in [1.807, 2.05) is 39.2 Å². The lowest BCUT2D eigenvalue weighted by atomic mass is 9.88. The first-order chi connectivity index (χ1) is 25.5. The Bertz CT molecular complexity index is 1960. The van der Waals surface area contributed by atoms with Gasteiger partial charge in [-0.2, -0.15) is 4.98 Å². The van der Waals surface area contributed by atoms with Gasteiger partial charge in [-0.3, -0.25) is 19.1 Å². The maximum Gasteiger partial charge on any atom is 0.405 e. The second-order valence-electron chi connectivity index (χ2n) is 15.5. The Morgan fingerprint density at radius 3 is 2.56 bits per heavy atom. The van der Waals surface area contributed by atoms with E-state index in [4.69, 9.17) is 14.5 Å². The Morgan fingerprint density at radius 2 is 1.91 bits per heavy atom. The highest BCUT2D eigenvalue weighted by Crippen LogP contribution is 2.48. The lowest BCUT2D eigenvalue weighted by Crippen LogP contribution is -2.59. The van der Waals surface area contributed by atoms with Crippen molar-refractivity contribution in [2.24, 2.45) is 17.8 Å². The first-order valence-electron chi connectivity index (χ1n) is 18.3. The molecule has 2 aromatic rings. The van der Waals surface area contributed by atoms with Crippen LogP contribution in [0.4, 0.5) is 15.0 Å². The fraction of sp³-hybridized carbons (Fsp3) is 0.595. The summed E-state index contributed by atoms with van der Waals surface area (Å²) in [7, 11) is 0.813. The van der Waals surface area contributed by atoms with Gasteiger partial charge < -0.3 is 35.0 Å². The lowest BCUT2D eigenvalue weighted by molar-refractivity contribution is -0.142. The summed E-state index contributed by atoms with van der Waals surface area (Å²) in [4.78, 5) is 62.5. The molecule has 4 N–H and O–H groups in total. The monoisotopic (exact) mass is 772 g/mol. The van der Waals surface area contributed by atoms with Crippen molar-refractivity contribution in [2.75, 3.05) is 39.3 Å². The van der Waals surface area contributed by atoms with Crippen molar-refractivity contribution < 1.29 is 46.6 Å². The zero-order valence-corrected chi connectivity index (χ0v) is 31.9. The standard InChI is InChI=1S/C37H49FN6O9S/c1-21-8-6-7-9-24-18-37(24,34(47)42-54(50,51)36(20-38)12-13-36)41-31(45)28-17-26(19-44(28)33(46)30(22(2)14-21)40-35(48)49)53-32-27-11-10-25(52-5)15-23(27)16-29(39-32)43(3)4/h7,9-11,15-16,21-22,24,26,28,30,40H,6,8,12-14,17-20H2,1-5H3,(H,41,45)(H,42,47)(H,48,49)/t21-,22+,24+,26+,28-,30-,37+/m0/s1. The van der Waals surface area contributed by atoms with Crippen molar-refractivity contribution in [3.05, 3.63) is 36.4 Å². The Hall–Kier alpha value is -4.67. The largest absolute Gasteiger partial charge is 0.497 e. The molecule has 4 aliphatic rings. The summed E-state index contributed by atoms with van der Waals surface area (Å²) in [6, 6.07) is 4.83. The molecular weight excluding hydrogens is 724 g/mol. The molecule has 1 aromatic carbocycles. The molecule has 1 saturated heterocycles. The van der Waals surface area contributed by atoms with Gasteiger partial charge in [0.15, 0.2) is 0 Å². The number of anilines is 1. The SMILES string of the molecule is COc1ccc2c(O[C@@H]3C[C@H]4C(=O)N[C@]5(C(=O)NS(=O)(=O)C6(CF)CC6)C[C@H]5C=CCC[C@H](C)C[C@@H](C)[C@H](NC(=O)O)C(=O)N4C3)nc(N(C)C)cc2c1. The zero-order valence-electron chi connectivity index (χ0n) is 31.1. The predicted molar refractivity (Wildman–Crippen MR) is 197 cm³/mol. The topological polar surface area (TPSA) is 197 Å². The fourth-order valence-electron chi connectivity index (χ4n) is 7.68. The van der Waals surface area contributed by atoms with E-state index in [-0.39, 0.29) is 44.0 Å². The third-order valence-corrected chi connectivity index (χ3v) is 13.4. The first-order valence-corrected chi connectivity index (χ1v) is 19.8. The number of methoxy groups -OCH3 is 1. The summed E-state index contributed by atoms with van der Waals surface area (Å²) >= 11 is 0. The molecule has 0 unspecified atom stereocenters. The second-order valence-corrected chi connectivity index (χ2v) is 17.6. The number of carbonyl (C=O) groups excluding carboxylic acids is 3. The van der Waals surface area contributed by atoms with Gasteiger partial charge in [-0.1, -0.05) is 26.0 Å². The van der Waals surface area contributed by atoms with Crippen LogP contribution in [0.2, 0.25) is 0 Å². The molecule has 0 bridgehead atoms. The van der Waals surface area contributed by atoms with Crippen molar-refractivity contribution in [1.82, 2.24) is 25.2 Å². The number of hydrogen-bond donors (Lipinski definition) is 4. The number of pyridine rings is 1. The molecule has 0 spiro atoms. The maximum absolute atomic E-state index is 14.5.